The highest BCUT2D eigenvalue weighted by Gasteiger charge is 2.36. The molecular weight excluding hydrogens is 437 g/mol. The van der Waals surface area contributed by atoms with E-state index in [2.05, 4.69) is 17.6 Å². The quantitative estimate of drug-likeness (QED) is 0.528. The summed E-state index contributed by atoms with van der Waals surface area (Å²) in [6.07, 6.45) is 3.05. The number of carbonyl (C=O) groups excluding carboxylic acids is 2. The van der Waals surface area contributed by atoms with Crippen molar-refractivity contribution in [1.29, 1.82) is 0 Å². The zero-order valence-electron chi connectivity index (χ0n) is 20.3. The molecule has 1 aliphatic rings. The average Bonchev–Trinajstić information content (AvgIpc) is 2.85. The molecule has 8 heteroatoms. The van der Waals surface area contributed by atoms with Crippen molar-refractivity contribution in [3.8, 4) is 11.5 Å². The number of unbranched alkanes of at least 4 members (excludes halogenated alkanes) is 1. The molecule has 0 aromatic heterocycles. The molecule has 2 atom stereocenters. The number of carbonyl (C=O) groups is 2. The van der Waals surface area contributed by atoms with Gasteiger partial charge in [-0.2, -0.15) is 0 Å². The molecule has 1 aliphatic heterocycles. The Labute approximate surface area is 200 Å². The first-order valence-electron chi connectivity index (χ1n) is 11.7. The molecule has 3 rings (SSSR count). The van der Waals surface area contributed by atoms with Crippen LogP contribution >= 0.6 is 0 Å². The number of hydrogen-bond acceptors (Lipinski definition) is 4. The van der Waals surface area contributed by atoms with Crippen molar-refractivity contribution in [3.63, 3.8) is 0 Å². The predicted octanol–water partition coefficient (Wildman–Crippen LogP) is 5.05. The third kappa shape index (κ3) is 5.98. The van der Waals surface area contributed by atoms with Crippen LogP contribution in [-0.4, -0.2) is 44.1 Å². The lowest BCUT2D eigenvalue weighted by Gasteiger charge is -2.39. The highest BCUT2D eigenvalue weighted by atomic mass is 19.1. The molecule has 2 aromatic carbocycles. The number of piperidine rings is 1. The van der Waals surface area contributed by atoms with Gasteiger partial charge >= 0.3 is 6.03 Å². The Morgan fingerprint density at radius 1 is 1.12 bits per heavy atom. The fraction of sp³-hybridized carbons (Fsp3) is 0.462. The van der Waals surface area contributed by atoms with Crippen LogP contribution < -0.4 is 20.1 Å². The molecule has 0 saturated carbocycles. The SMILES string of the molecule is CCCCNC(=O)N1CC(C(=O)Nc2ccc(OC)cc2OC)CCC1c1ccc(F)c(C)c1. The maximum atomic E-state index is 13.8. The van der Waals surface area contributed by atoms with Crippen molar-refractivity contribution < 1.29 is 23.5 Å². The van der Waals surface area contributed by atoms with E-state index >= 15 is 0 Å². The van der Waals surface area contributed by atoms with E-state index in [0.717, 1.165) is 18.4 Å². The number of halogens is 1. The third-order valence-electron chi connectivity index (χ3n) is 6.25. The van der Waals surface area contributed by atoms with Crippen molar-refractivity contribution in [3.05, 3.63) is 53.3 Å². The van der Waals surface area contributed by atoms with E-state index < -0.39 is 0 Å². The molecule has 7 nitrogen and oxygen atoms in total. The van der Waals surface area contributed by atoms with E-state index in [1.54, 1.807) is 49.3 Å². The number of nitrogens with one attached hydrogen (secondary N) is 2. The average molecular weight is 472 g/mol. The third-order valence-corrected chi connectivity index (χ3v) is 6.25. The number of nitrogens with zero attached hydrogens (tertiary/aromatic N) is 1. The van der Waals surface area contributed by atoms with Gasteiger partial charge in [0.2, 0.25) is 5.91 Å². The number of ether oxygens (including phenoxy) is 2. The summed E-state index contributed by atoms with van der Waals surface area (Å²) in [6.45, 7) is 4.61. The fourth-order valence-corrected chi connectivity index (χ4v) is 4.24. The van der Waals surface area contributed by atoms with Crippen LogP contribution in [0.25, 0.3) is 0 Å². The smallest absolute Gasteiger partial charge is 0.317 e. The minimum Gasteiger partial charge on any atom is -0.497 e. The standard InChI is InChI=1S/C26H34FN3O4/c1-5-6-13-28-26(32)30-16-19(8-12-23(30)18-7-10-21(27)17(2)14-18)25(31)29-22-11-9-20(33-3)15-24(22)34-4/h7,9-11,14-15,19,23H,5-6,8,12-13,16H2,1-4H3,(H,28,32)(H,29,31). The Kier molecular flexibility index (Phi) is 8.73. The van der Waals surface area contributed by atoms with Gasteiger partial charge in [-0.15, -0.1) is 0 Å². The van der Waals surface area contributed by atoms with E-state index in [-0.39, 0.29) is 36.3 Å². The first kappa shape index (κ1) is 25.3. The van der Waals surface area contributed by atoms with Crippen molar-refractivity contribution >= 4 is 17.6 Å². The number of aryl methyl sites for hydroxylation is 1. The highest BCUT2D eigenvalue weighted by molar-refractivity contribution is 5.94. The normalized spacial score (nSPS) is 17.7. The second kappa shape index (κ2) is 11.7. The minimum absolute atomic E-state index is 0.177. The Morgan fingerprint density at radius 2 is 1.91 bits per heavy atom. The Hall–Kier alpha value is -3.29. The van der Waals surface area contributed by atoms with Gasteiger partial charge in [-0.05, 0) is 55.5 Å². The number of benzene rings is 2. The number of methoxy groups -OCH3 is 2. The number of rotatable bonds is 8. The second-order valence-electron chi connectivity index (χ2n) is 8.59. The van der Waals surface area contributed by atoms with E-state index in [4.69, 9.17) is 9.47 Å². The number of anilines is 1. The molecule has 34 heavy (non-hydrogen) atoms. The first-order chi connectivity index (χ1) is 16.4. The summed E-state index contributed by atoms with van der Waals surface area (Å²) in [6, 6.07) is 9.71. The van der Waals surface area contributed by atoms with Crippen LogP contribution in [0.15, 0.2) is 36.4 Å². The molecule has 1 saturated heterocycles. The molecule has 0 bridgehead atoms. The van der Waals surface area contributed by atoms with Crippen molar-refractivity contribution in [2.75, 3.05) is 32.6 Å². The summed E-state index contributed by atoms with van der Waals surface area (Å²) in [4.78, 5) is 27.9. The number of amides is 3. The molecule has 1 heterocycles. The van der Waals surface area contributed by atoms with Gasteiger partial charge in [-0.25, -0.2) is 9.18 Å². The van der Waals surface area contributed by atoms with Crippen LogP contribution in [0.3, 0.4) is 0 Å². The molecule has 2 N–H and O–H groups in total. The van der Waals surface area contributed by atoms with Gasteiger partial charge < -0.3 is 25.0 Å². The van der Waals surface area contributed by atoms with E-state index in [1.165, 1.54) is 13.2 Å². The van der Waals surface area contributed by atoms with Crippen molar-refractivity contribution in [2.24, 2.45) is 5.92 Å². The second-order valence-corrected chi connectivity index (χ2v) is 8.59. The molecule has 184 valence electrons. The van der Waals surface area contributed by atoms with Crippen molar-refractivity contribution in [2.45, 2.75) is 45.6 Å². The van der Waals surface area contributed by atoms with Crippen LogP contribution in [0.5, 0.6) is 11.5 Å². The number of likely N-dealkylation sites (tertiary alicyclic amines) is 1. The lowest BCUT2D eigenvalue weighted by Crippen LogP contribution is -2.49. The molecule has 2 aromatic rings. The number of hydrogen-bond donors (Lipinski definition) is 2. The van der Waals surface area contributed by atoms with Gasteiger partial charge in [0.25, 0.3) is 0 Å². The Bertz CT molecular complexity index is 1010. The highest BCUT2D eigenvalue weighted by Crippen LogP contribution is 2.36. The van der Waals surface area contributed by atoms with Gasteiger partial charge in [0.15, 0.2) is 0 Å². The monoisotopic (exact) mass is 471 g/mol. The van der Waals surface area contributed by atoms with Crippen LogP contribution in [0, 0.1) is 18.7 Å². The van der Waals surface area contributed by atoms with Gasteiger partial charge in [0.1, 0.15) is 17.3 Å². The maximum absolute atomic E-state index is 13.8. The Morgan fingerprint density at radius 3 is 2.59 bits per heavy atom. The van der Waals surface area contributed by atoms with E-state index in [0.29, 0.717) is 42.1 Å². The lowest BCUT2D eigenvalue weighted by atomic mass is 9.88. The first-order valence-corrected chi connectivity index (χ1v) is 11.7. The number of urea groups is 1. The predicted molar refractivity (Wildman–Crippen MR) is 130 cm³/mol. The summed E-state index contributed by atoms with van der Waals surface area (Å²) >= 11 is 0. The summed E-state index contributed by atoms with van der Waals surface area (Å²) in [5.41, 5.74) is 1.96. The molecular formula is C26H34FN3O4. The van der Waals surface area contributed by atoms with Crippen LogP contribution in [0.2, 0.25) is 0 Å². The molecule has 0 aliphatic carbocycles. The molecule has 1 fully saturated rings. The molecule has 0 radical (unpaired) electrons. The molecule has 2 unspecified atom stereocenters. The molecule has 0 spiro atoms. The largest absolute Gasteiger partial charge is 0.497 e. The van der Waals surface area contributed by atoms with Crippen LogP contribution in [0.1, 0.15) is 49.8 Å². The van der Waals surface area contributed by atoms with Gasteiger partial charge in [0, 0.05) is 19.2 Å². The van der Waals surface area contributed by atoms with E-state index in [1.807, 2.05) is 0 Å². The summed E-state index contributed by atoms with van der Waals surface area (Å²) in [5.74, 6) is 0.284. The fourth-order valence-electron chi connectivity index (χ4n) is 4.24. The van der Waals surface area contributed by atoms with Crippen LogP contribution in [0.4, 0.5) is 14.9 Å². The minimum atomic E-state index is -0.387. The van der Waals surface area contributed by atoms with Crippen molar-refractivity contribution in [1.82, 2.24) is 10.2 Å². The lowest BCUT2D eigenvalue weighted by molar-refractivity contribution is -0.121. The molecule has 3 amide bonds. The Balaban J connectivity index is 1.78. The summed E-state index contributed by atoms with van der Waals surface area (Å²) in [5, 5.41) is 5.90. The zero-order valence-corrected chi connectivity index (χ0v) is 20.3. The van der Waals surface area contributed by atoms with Gasteiger partial charge in [0.05, 0.1) is 31.9 Å². The van der Waals surface area contributed by atoms with E-state index in [9.17, 15) is 14.0 Å². The summed E-state index contributed by atoms with van der Waals surface area (Å²) < 4.78 is 24.4. The zero-order chi connectivity index (χ0) is 24.7. The van der Waals surface area contributed by atoms with Crippen LogP contribution in [-0.2, 0) is 4.79 Å². The van der Waals surface area contributed by atoms with Gasteiger partial charge in [-0.1, -0.05) is 25.5 Å². The summed E-state index contributed by atoms with van der Waals surface area (Å²) in [7, 11) is 3.09. The van der Waals surface area contributed by atoms with Gasteiger partial charge in [-0.3, -0.25) is 4.79 Å². The maximum Gasteiger partial charge on any atom is 0.317 e. The topological polar surface area (TPSA) is 79.9 Å².